The van der Waals surface area contributed by atoms with E-state index >= 15 is 0 Å². The van der Waals surface area contributed by atoms with Crippen molar-refractivity contribution in [1.29, 1.82) is 0 Å². The molecule has 4 N–H and O–H groups in total. The Morgan fingerprint density at radius 3 is 2.12 bits per heavy atom. The van der Waals surface area contributed by atoms with Gasteiger partial charge in [-0.3, -0.25) is 9.59 Å². The topological polar surface area (TPSA) is 93.5 Å². The molecule has 2 aromatic carbocycles. The van der Waals surface area contributed by atoms with Crippen LogP contribution in [0, 0.1) is 0 Å². The third-order valence-corrected chi connectivity index (χ3v) is 4.41. The molecule has 2 aromatic rings. The maximum atomic E-state index is 12.3. The molecule has 0 aromatic heterocycles. The lowest BCUT2D eigenvalue weighted by atomic mass is 10.1. The number of hydrogen-bond donors (Lipinski definition) is 3. The van der Waals surface area contributed by atoms with Crippen LogP contribution in [0.1, 0.15) is 39.1 Å². The molecule has 26 heavy (non-hydrogen) atoms. The second-order valence-electron chi connectivity index (χ2n) is 6.29. The molecule has 136 valence electrons. The first-order valence-electron chi connectivity index (χ1n) is 8.75. The number of anilines is 1. The van der Waals surface area contributed by atoms with E-state index in [0.29, 0.717) is 36.6 Å². The maximum absolute atomic E-state index is 12.3. The largest absolute Gasteiger partial charge is 0.381 e. The molecule has 0 unspecified atom stereocenters. The van der Waals surface area contributed by atoms with Gasteiger partial charge in [-0.1, -0.05) is 12.1 Å². The summed E-state index contributed by atoms with van der Waals surface area (Å²) in [5.41, 5.74) is 8.30. The summed E-state index contributed by atoms with van der Waals surface area (Å²) in [7, 11) is 0. The molecule has 0 aliphatic carbocycles. The number of rotatable bonds is 5. The first kappa shape index (κ1) is 18.1. The van der Waals surface area contributed by atoms with Gasteiger partial charge < -0.3 is 21.1 Å². The molecule has 1 saturated heterocycles. The van der Waals surface area contributed by atoms with Gasteiger partial charge in [-0.25, -0.2) is 0 Å². The summed E-state index contributed by atoms with van der Waals surface area (Å²) in [6.45, 7) is 1.81. The molecule has 0 radical (unpaired) electrons. The SMILES string of the molecule is NCc1ccc(C(=O)Nc2ccc(C(=O)NC3CCOCC3)cc2)cc1. The number of carbonyl (C=O) groups is 2. The van der Waals surface area contributed by atoms with Crippen LogP contribution in [0.15, 0.2) is 48.5 Å². The highest BCUT2D eigenvalue weighted by atomic mass is 16.5. The molecule has 0 saturated carbocycles. The molecule has 1 heterocycles. The lowest BCUT2D eigenvalue weighted by molar-refractivity contribution is 0.0696. The Balaban J connectivity index is 1.57. The van der Waals surface area contributed by atoms with Crippen molar-refractivity contribution in [2.45, 2.75) is 25.4 Å². The van der Waals surface area contributed by atoms with Crippen LogP contribution >= 0.6 is 0 Å². The quantitative estimate of drug-likeness (QED) is 0.769. The van der Waals surface area contributed by atoms with Gasteiger partial charge in [-0.05, 0) is 54.8 Å². The Labute approximate surface area is 152 Å². The van der Waals surface area contributed by atoms with E-state index in [0.717, 1.165) is 18.4 Å². The van der Waals surface area contributed by atoms with Crippen molar-refractivity contribution in [2.75, 3.05) is 18.5 Å². The lowest BCUT2D eigenvalue weighted by Gasteiger charge is -2.23. The van der Waals surface area contributed by atoms with Crippen LogP contribution in [0.2, 0.25) is 0 Å². The molecule has 0 atom stereocenters. The molecule has 0 bridgehead atoms. The fourth-order valence-electron chi connectivity index (χ4n) is 2.81. The van der Waals surface area contributed by atoms with Crippen LogP contribution in [-0.2, 0) is 11.3 Å². The van der Waals surface area contributed by atoms with E-state index < -0.39 is 0 Å². The number of nitrogens with two attached hydrogens (primary N) is 1. The number of nitrogens with one attached hydrogen (secondary N) is 2. The third-order valence-electron chi connectivity index (χ3n) is 4.41. The van der Waals surface area contributed by atoms with Gasteiger partial charge in [0.05, 0.1) is 0 Å². The van der Waals surface area contributed by atoms with Crippen molar-refractivity contribution in [3.05, 3.63) is 65.2 Å². The second kappa shape index (κ2) is 8.60. The number of amides is 2. The summed E-state index contributed by atoms with van der Waals surface area (Å²) in [5, 5.41) is 5.84. The van der Waals surface area contributed by atoms with E-state index in [2.05, 4.69) is 10.6 Å². The highest BCUT2D eigenvalue weighted by Crippen LogP contribution is 2.13. The fourth-order valence-corrected chi connectivity index (χ4v) is 2.81. The van der Waals surface area contributed by atoms with Crippen molar-refractivity contribution >= 4 is 17.5 Å². The van der Waals surface area contributed by atoms with Crippen molar-refractivity contribution in [2.24, 2.45) is 5.73 Å². The normalized spacial score (nSPS) is 14.7. The second-order valence-corrected chi connectivity index (χ2v) is 6.29. The molecular weight excluding hydrogens is 330 g/mol. The Kier molecular flexibility index (Phi) is 5.99. The average Bonchev–Trinajstić information content (AvgIpc) is 2.69. The van der Waals surface area contributed by atoms with Crippen LogP contribution in [-0.4, -0.2) is 31.1 Å². The summed E-state index contributed by atoms with van der Waals surface area (Å²) in [6.07, 6.45) is 1.67. The predicted octanol–water partition coefficient (Wildman–Crippen LogP) is 2.31. The van der Waals surface area contributed by atoms with Gasteiger partial charge in [0.25, 0.3) is 11.8 Å². The molecule has 1 fully saturated rings. The van der Waals surface area contributed by atoms with Crippen molar-refractivity contribution < 1.29 is 14.3 Å². The molecule has 3 rings (SSSR count). The van der Waals surface area contributed by atoms with Gasteiger partial charge >= 0.3 is 0 Å². The number of ether oxygens (including phenoxy) is 1. The summed E-state index contributed by atoms with van der Waals surface area (Å²) in [6, 6.07) is 14.2. The van der Waals surface area contributed by atoms with Crippen molar-refractivity contribution in [1.82, 2.24) is 5.32 Å². The van der Waals surface area contributed by atoms with Crippen LogP contribution in [0.25, 0.3) is 0 Å². The Morgan fingerprint density at radius 2 is 1.50 bits per heavy atom. The van der Waals surface area contributed by atoms with E-state index in [1.54, 1.807) is 36.4 Å². The number of hydrogen-bond acceptors (Lipinski definition) is 4. The first-order chi connectivity index (χ1) is 12.7. The van der Waals surface area contributed by atoms with Crippen molar-refractivity contribution in [3.63, 3.8) is 0 Å². The highest BCUT2D eigenvalue weighted by Gasteiger charge is 2.17. The monoisotopic (exact) mass is 353 g/mol. The Hall–Kier alpha value is -2.70. The summed E-state index contributed by atoms with van der Waals surface area (Å²) in [4.78, 5) is 24.5. The van der Waals surface area contributed by atoms with Crippen LogP contribution in [0.4, 0.5) is 5.69 Å². The van der Waals surface area contributed by atoms with E-state index in [-0.39, 0.29) is 17.9 Å². The van der Waals surface area contributed by atoms with Gasteiger partial charge in [-0.15, -0.1) is 0 Å². The summed E-state index contributed by atoms with van der Waals surface area (Å²) >= 11 is 0. The van der Waals surface area contributed by atoms with E-state index in [4.69, 9.17) is 10.5 Å². The van der Waals surface area contributed by atoms with E-state index in [9.17, 15) is 9.59 Å². The third kappa shape index (κ3) is 4.68. The average molecular weight is 353 g/mol. The van der Waals surface area contributed by atoms with Crippen LogP contribution in [0.5, 0.6) is 0 Å². The van der Waals surface area contributed by atoms with Gasteiger partial charge in [-0.2, -0.15) is 0 Å². The van der Waals surface area contributed by atoms with E-state index in [1.807, 2.05) is 12.1 Å². The highest BCUT2D eigenvalue weighted by molar-refractivity contribution is 6.04. The van der Waals surface area contributed by atoms with Gasteiger partial charge in [0.1, 0.15) is 0 Å². The lowest BCUT2D eigenvalue weighted by Crippen LogP contribution is -2.38. The van der Waals surface area contributed by atoms with Gasteiger partial charge in [0, 0.05) is 42.6 Å². The Bertz CT molecular complexity index is 751. The molecule has 2 amide bonds. The zero-order chi connectivity index (χ0) is 18.4. The minimum Gasteiger partial charge on any atom is -0.381 e. The maximum Gasteiger partial charge on any atom is 0.255 e. The molecular formula is C20H23N3O3. The zero-order valence-corrected chi connectivity index (χ0v) is 14.5. The zero-order valence-electron chi connectivity index (χ0n) is 14.5. The molecule has 1 aliphatic heterocycles. The minimum atomic E-state index is -0.201. The van der Waals surface area contributed by atoms with Gasteiger partial charge in [0.15, 0.2) is 0 Å². The minimum absolute atomic E-state index is 0.104. The first-order valence-corrected chi connectivity index (χ1v) is 8.75. The smallest absolute Gasteiger partial charge is 0.255 e. The number of carbonyl (C=O) groups excluding carboxylic acids is 2. The molecule has 0 spiro atoms. The van der Waals surface area contributed by atoms with Crippen molar-refractivity contribution in [3.8, 4) is 0 Å². The number of benzene rings is 2. The van der Waals surface area contributed by atoms with E-state index in [1.165, 1.54) is 0 Å². The van der Waals surface area contributed by atoms with Gasteiger partial charge in [0.2, 0.25) is 0 Å². The standard InChI is InChI=1S/C20H23N3O3/c21-13-14-1-3-15(4-2-14)19(24)22-17-7-5-16(6-8-17)20(25)23-18-9-11-26-12-10-18/h1-8,18H,9-13,21H2,(H,22,24)(H,23,25). The van der Waals surface area contributed by atoms with Crippen LogP contribution in [0.3, 0.4) is 0 Å². The fraction of sp³-hybridized carbons (Fsp3) is 0.300. The predicted molar refractivity (Wildman–Crippen MR) is 100 cm³/mol. The molecule has 1 aliphatic rings. The Morgan fingerprint density at radius 1 is 0.923 bits per heavy atom. The van der Waals surface area contributed by atoms with Crippen LogP contribution < -0.4 is 16.4 Å². The summed E-state index contributed by atoms with van der Waals surface area (Å²) < 4.78 is 5.29. The molecule has 6 heteroatoms. The molecule has 6 nitrogen and oxygen atoms in total. The summed E-state index contributed by atoms with van der Waals surface area (Å²) in [5.74, 6) is -0.305.